The van der Waals surface area contributed by atoms with Crippen LogP contribution < -0.4 is 0 Å². The second-order valence-electron chi connectivity index (χ2n) is 12.4. The summed E-state index contributed by atoms with van der Waals surface area (Å²) < 4.78 is 5.59. The van der Waals surface area contributed by atoms with Crippen molar-refractivity contribution in [2.45, 2.75) is 103 Å². The number of hydrogen-bond donors (Lipinski definition) is 1. The van der Waals surface area contributed by atoms with Gasteiger partial charge < -0.3 is 9.84 Å². The van der Waals surface area contributed by atoms with Crippen molar-refractivity contribution in [3.8, 4) is 0 Å². The Morgan fingerprint density at radius 3 is 2.66 bits per heavy atom. The standard InChI is InChI=1S/C27H44O2/c1-25(28)14-15-27(3)21(17-25)7-9-22-23-10-8-20(26(23,2)13-11-24(22)27)6-4-5-19-12-16-29-18-19/h7,19-20,22-24,28H,4-6,8-18H2,1-3H3/t19?,20?,22?,23?,24?,25-,26?,27?/m0/s1. The van der Waals surface area contributed by atoms with E-state index in [0.717, 1.165) is 55.6 Å². The number of hydrogen-bond acceptors (Lipinski definition) is 2. The minimum Gasteiger partial charge on any atom is -0.390 e. The fourth-order valence-electron chi connectivity index (χ4n) is 8.85. The van der Waals surface area contributed by atoms with Crippen LogP contribution in [-0.2, 0) is 4.74 Å². The van der Waals surface area contributed by atoms with Gasteiger partial charge in [-0.2, -0.15) is 0 Å². The van der Waals surface area contributed by atoms with Gasteiger partial charge in [-0.1, -0.05) is 31.9 Å². The number of aliphatic hydroxyl groups is 1. The molecule has 8 atom stereocenters. The average molecular weight is 401 g/mol. The highest BCUT2D eigenvalue weighted by Crippen LogP contribution is 2.67. The van der Waals surface area contributed by atoms with Gasteiger partial charge >= 0.3 is 0 Å². The summed E-state index contributed by atoms with van der Waals surface area (Å²) >= 11 is 0. The Kier molecular flexibility index (Phi) is 5.22. The molecule has 5 rings (SSSR count). The van der Waals surface area contributed by atoms with Gasteiger partial charge in [0.2, 0.25) is 0 Å². The smallest absolute Gasteiger partial charge is 0.0657 e. The van der Waals surface area contributed by atoms with Crippen molar-refractivity contribution in [1.29, 1.82) is 0 Å². The molecule has 2 heteroatoms. The van der Waals surface area contributed by atoms with Gasteiger partial charge in [-0.15, -0.1) is 0 Å². The molecule has 29 heavy (non-hydrogen) atoms. The van der Waals surface area contributed by atoms with Gasteiger partial charge in [0.05, 0.1) is 5.60 Å². The van der Waals surface area contributed by atoms with Crippen molar-refractivity contribution in [3.63, 3.8) is 0 Å². The number of allylic oxidation sites excluding steroid dienone is 1. The highest BCUT2D eigenvalue weighted by Gasteiger charge is 2.58. The van der Waals surface area contributed by atoms with Gasteiger partial charge in [-0.3, -0.25) is 0 Å². The zero-order valence-corrected chi connectivity index (χ0v) is 19.2. The molecule has 5 aliphatic rings. The molecule has 0 aromatic carbocycles. The van der Waals surface area contributed by atoms with E-state index in [2.05, 4.69) is 26.8 Å². The first-order valence-electron chi connectivity index (χ1n) is 12.8. The fraction of sp³-hybridized carbons (Fsp3) is 0.926. The van der Waals surface area contributed by atoms with Crippen molar-refractivity contribution in [3.05, 3.63) is 11.6 Å². The highest BCUT2D eigenvalue weighted by atomic mass is 16.5. The fourth-order valence-corrected chi connectivity index (χ4v) is 8.85. The average Bonchev–Trinajstić information content (AvgIpc) is 3.30. The molecule has 164 valence electrons. The van der Waals surface area contributed by atoms with Gasteiger partial charge in [0, 0.05) is 13.2 Å². The summed E-state index contributed by atoms with van der Waals surface area (Å²) in [5.41, 5.74) is 2.10. The third-order valence-electron chi connectivity index (χ3n) is 10.8. The molecule has 0 spiro atoms. The lowest BCUT2D eigenvalue weighted by Gasteiger charge is -2.59. The normalized spacial score (nSPS) is 51.9. The quantitative estimate of drug-likeness (QED) is 0.544. The van der Waals surface area contributed by atoms with E-state index in [-0.39, 0.29) is 0 Å². The molecule has 1 saturated heterocycles. The largest absolute Gasteiger partial charge is 0.390 e. The van der Waals surface area contributed by atoms with Crippen molar-refractivity contribution in [2.24, 2.45) is 40.4 Å². The zero-order chi connectivity index (χ0) is 20.3. The van der Waals surface area contributed by atoms with Gasteiger partial charge in [0.15, 0.2) is 0 Å². The van der Waals surface area contributed by atoms with Gasteiger partial charge in [-0.05, 0) is 118 Å². The molecule has 4 aliphatic carbocycles. The maximum atomic E-state index is 10.7. The van der Waals surface area contributed by atoms with Crippen LogP contribution in [0.15, 0.2) is 11.6 Å². The minimum absolute atomic E-state index is 0.368. The first kappa shape index (κ1) is 20.6. The summed E-state index contributed by atoms with van der Waals surface area (Å²) in [7, 11) is 0. The molecule has 1 N–H and O–H groups in total. The summed E-state index contributed by atoms with van der Waals surface area (Å²) in [5.74, 6) is 4.52. The number of fused-ring (bicyclic) bond motifs is 5. The molecule has 0 bridgehead atoms. The first-order chi connectivity index (χ1) is 13.8. The molecular weight excluding hydrogens is 356 g/mol. The third kappa shape index (κ3) is 3.45. The Balaban J connectivity index is 1.28. The first-order valence-corrected chi connectivity index (χ1v) is 12.8. The Bertz CT molecular complexity index is 645. The summed E-state index contributed by atoms with van der Waals surface area (Å²) in [5, 5.41) is 10.7. The second kappa shape index (κ2) is 7.37. The molecule has 0 radical (unpaired) electrons. The summed E-state index contributed by atoms with van der Waals surface area (Å²) in [6.07, 6.45) is 18.4. The van der Waals surface area contributed by atoms with Crippen LogP contribution >= 0.6 is 0 Å². The lowest BCUT2D eigenvalue weighted by molar-refractivity contribution is -0.0661. The van der Waals surface area contributed by atoms with E-state index in [1.807, 2.05) is 0 Å². The molecule has 0 aromatic heterocycles. The van der Waals surface area contributed by atoms with Crippen LogP contribution in [0.3, 0.4) is 0 Å². The maximum absolute atomic E-state index is 10.7. The van der Waals surface area contributed by atoms with E-state index < -0.39 is 5.60 Å². The van der Waals surface area contributed by atoms with E-state index >= 15 is 0 Å². The molecule has 1 heterocycles. The van der Waals surface area contributed by atoms with Crippen LogP contribution in [0.1, 0.15) is 97.8 Å². The van der Waals surface area contributed by atoms with Crippen molar-refractivity contribution in [1.82, 2.24) is 0 Å². The van der Waals surface area contributed by atoms with Crippen LogP contribution in [0, 0.1) is 40.4 Å². The molecule has 4 fully saturated rings. The Morgan fingerprint density at radius 1 is 1.00 bits per heavy atom. The Hall–Kier alpha value is -0.340. The molecule has 3 saturated carbocycles. The van der Waals surface area contributed by atoms with Crippen molar-refractivity contribution < 1.29 is 9.84 Å². The molecular formula is C27H44O2. The van der Waals surface area contributed by atoms with E-state index in [4.69, 9.17) is 4.74 Å². The molecule has 0 amide bonds. The summed E-state index contributed by atoms with van der Waals surface area (Å²) in [4.78, 5) is 0. The van der Waals surface area contributed by atoms with Crippen LogP contribution in [0.2, 0.25) is 0 Å². The summed E-state index contributed by atoms with van der Waals surface area (Å²) in [6.45, 7) is 9.31. The summed E-state index contributed by atoms with van der Waals surface area (Å²) in [6, 6.07) is 0. The predicted octanol–water partition coefficient (Wildman–Crippen LogP) is 6.52. The monoisotopic (exact) mass is 400 g/mol. The van der Waals surface area contributed by atoms with Crippen LogP contribution in [-0.4, -0.2) is 23.9 Å². The zero-order valence-electron chi connectivity index (χ0n) is 19.2. The Labute approximate surface area is 178 Å². The predicted molar refractivity (Wildman–Crippen MR) is 119 cm³/mol. The van der Waals surface area contributed by atoms with E-state index in [1.54, 1.807) is 5.57 Å². The lowest BCUT2D eigenvalue weighted by atomic mass is 9.46. The Morgan fingerprint density at radius 2 is 1.86 bits per heavy atom. The van der Waals surface area contributed by atoms with Crippen LogP contribution in [0.4, 0.5) is 0 Å². The number of ether oxygens (including phenoxy) is 1. The van der Waals surface area contributed by atoms with Gasteiger partial charge in [0.1, 0.15) is 0 Å². The number of rotatable bonds is 4. The van der Waals surface area contributed by atoms with Gasteiger partial charge in [-0.25, -0.2) is 0 Å². The molecule has 0 aromatic rings. The van der Waals surface area contributed by atoms with Crippen molar-refractivity contribution in [2.75, 3.05) is 13.2 Å². The minimum atomic E-state index is -0.468. The molecule has 1 aliphatic heterocycles. The van der Waals surface area contributed by atoms with E-state index in [1.165, 1.54) is 64.2 Å². The third-order valence-corrected chi connectivity index (χ3v) is 10.8. The molecule has 7 unspecified atom stereocenters. The maximum Gasteiger partial charge on any atom is 0.0657 e. The SMILES string of the molecule is CC12CC[C@](C)(O)CC1=CCC1C2CCC2(C)C(CCCC3CCOC3)CCC12. The lowest BCUT2D eigenvalue weighted by Crippen LogP contribution is -2.51. The molecule has 2 nitrogen and oxygen atoms in total. The highest BCUT2D eigenvalue weighted by molar-refractivity contribution is 5.26. The van der Waals surface area contributed by atoms with E-state index in [0.29, 0.717) is 10.8 Å². The van der Waals surface area contributed by atoms with Crippen LogP contribution in [0.25, 0.3) is 0 Å². The second-order valence-corrected chi connectivity index (χ2v) is 12.4. The van der Waals surface area contributed by atoms with Crippen molar-refractivity contribution >= 4 is 0 Å². The van der Waals surface area contributed by atoms with E-state index in [9.17, 15) is 5.11 Å². The van der Waals surface area contributed by atoms with Gasteiger partial charge in [0.25, 0.3) is 0 Å². The topological polar surface area (TPSA) is 29.5 Å². The van der Waals surface area contributed by atoms with Crippen LogP contribution in [0.5, 0.6) is 0 Å².